The van der Waals surface area contributed by atoms with Crippen LogP contribution >= 0.6 is 11.3 Å². The Hall–Kier alpha value is -3.19. The molecule has 1 atom stereocenters. The summed E-state index contributed by atoms with van der Waals surface area (Å²) in [6.45, 7) is 6.28. The number of esters is 1. The van der Waals surface area contributed by atoms with Gasteiger partial charge in [0, 0.05) is 23.9 Å². The van der Waals surface area contributed by atoms with Gasteiger partial charge in [-0.25, -0.2) is 4.79 Å². The molecule has 1 N–H and O–H groups in total. The standard InChI is InChI=1S/C24H27N3O3S/c1-17(2)18(3)25-22(28)16-30-23(29)12-11-20-15-27(14-19-8-5-4-6-9-19)26-24(20)21-10-7-13-31-21/h4-13,15,17-18H,14,16H2,1-3H3,(H,25,28)/b12-11+. The summed E-state index contributed by atoms with van der Waals surface area (Å²) in [5.74, 6) is -0.569. The summed E-state index contributed by atoms with van der Waals surface area (Å²) in [6.07, 6.45) is 4.92. The number of ether oxygens (including phenoxy) is 1. The number of aromatic nitrogens is 2. The summed E-state index contributed by atoms with van der Waals surface area (Å²) < 4.78 is 6.93. The van der Waals surface area contributed by atoms with Crippen LogP contribution in [0.15, 0.2) is 60.1 Å². The zero-order chi connectivity index (χ0) is 22.2. The van der Waals surface area contributed by atoms with Gasteiger partial charge in [0.05, 0.1) is 11.4 Å². The molecule has 6 nitrogen and oxygen atoms in total. The maximum atomic E-state index is 12.1. The molecule has 0 aliphatic rings. The molecule has 0 aliphatic carbocycles. The van der Waals surface area contributed by atoms with Gasteiger partial charge in [0.15, 0.2) is 6.61 Å². The summed E-state index contributed by atoms with van der Waals surface area (Å²) in [5, 5.41) is 9.51. The molecule has 31 heavy (non-hydrogen) atoms. The molecular formula is C24H27N3O3S. The first-order chi connectivity index (χ1) is 14.9. The van der Waals surface area contributed by atoms with E-state index in [4.69, 9.17) is 9.84 Å². The third-order valence-electron chi connectivity index (χ3n) is 4.87. The second kappa shape index (κ2) is 10.7. The summed E-state index contributed by atoms with van der Waals surface area (Å²) >= 11 is 1.59. The van der Waals surface area contributed by atoms with Gasteiger partial charge in [-0.2, -0.15) is 5.10 Å². The second-order valence-electron chi connectivity index (χ2n) is 7.63. The van der Waals surface area contributed by atoms with Crippen LogP contribution in [0.25, 0.3) is 16.6 Å². The fourth-order valence-corrected chi connectivity index (χ4v) is 3.55. The molecule has 2 aromatic heterocycles. The van der Waals surface area contributed by atoms with Crippen LogP contribution in [-0.2, 0) is 20.9 Å². The average molecular weight is 438 g/mol. The van der Waals surface area contributed by atoms with Crippen molar-refractivity contribution in [3.8, 4) is 10.6 Å². The van der Waals surface area contributed by atoms with Crippen molar-refractivity contribution in [2.45, 2.75) is 33.4 Å². The molecular weight excluding hydrogens is 410 g/mol. The SMILES string of the molecule is CC(C)C(C)NC(=O)COC(=O)/C=C/c1cn(Cc2ccccc2)nc1-c1cccs1. The number of hydrogen-bond donors (Lipinski definition) is 1. The van der Waals surface area contributed by atoms with E-state index in [0.717, 1.165) is 21.7 Å². The molecule has 1 unspecified atom stereocenters. The molecule has 0 saturated carbocycles. The third-order valence-corrected chi connectivity index (χ3v) is 5.74. The molecule has 0 fully saturated rings. The summed E-state index contributed by atoms with van der Waals surface area (Å²) in [6, 6.07) is 14.0. The Balaban J connectivity index is 1.67. The van der Waals surface area contributed by atoms with E-state index in [1.807, 2.05) is 79.5 Å². The van der Waals surface area contributed by atoms with Gasteiger partial charge in [-0.15, -0.1) is 11.3 Å². The van der Waals surface area contributed by atoms with E-state index in [0.29, 0.717) is 12.5 Å². The first kappa shape index (κ1) is 22.5. The minimum absolute atomic E-state index is 0.0190. The predicted octanol–water partition coefficient (Wildman–Crippen LogP) is 4.38. The molecule has 1 amide bonds. The van der Waals surface area contributed by atoms with Crippen LogP contribution in [0.3, 0.4) is 0 Å². The van der Waals surface area contributed by atoms with Crippen molar-refractivity contribution in [2.75, 3.05) is 6.61 Å². The minimum Gasteiger partial charge on any atom is -0.452 e. The molecule has 162 valence electrons. The second-order valence-corrected chi connectivity index (χ2v) is 8.58. The lowest BCUT2D eigenvalue weighted by molar-refractivity contribution is -0.144. The lowest BCUT2D eigenvalue weighted by atomic mass is 10.1. The van der Waals surface area contributed by atoms with Crippen LogP contribution in [0.4, 0.5) is 0 Å². The molecule has 0 radical (unpaired) electrons. The van der Waals surface area contributed by atoms with Crippen molar-refractivity contribution in [2.24, 2.45) is 5.92 Å². The highest BCUT2D eigenvalue weighted by Crippen LogP contribution is 2.27. The monoisotopic (exact) mass is 437 g/mol. The van der Waals surface area contributed by atoms with Crippen LogP contribution in [0, 0.1) is 5.92 Å². The van der Waals surface area contributed by atoms with E-state index in [2.05, 4.69) is 5.32 Å². The van der Waals surface area contributed by atoms with E-state index in [9.17, 15) is 9.59 Å². The zero-order valence-electron chi connectivity index (χ0n) is 17.9. The number of nitrogens with one attached hydrogen (secondary N) is 1. The van der Waals surface area contributed by atoms with Gasteiger partial charge in [-0.1, -0.05) is 50.2 Å². The van der Waals surface area contributed by atoms with E-state index in [-0.39, 0.29) is 18.6 Å². The van der Waals surface area contributed by atoms with Gasteiger partial charge < -0.3 is 10.1 Å². The molecule has 2 heterocycles. The Morgan fingerprint density at radius 3 is 2.61 bits per heavy atom. The topological polar surface area (TPSA) is 73.2 Å². The molecule has 0 spiro atoms. The van der Waals surface area contributed by atoms with E-state index >= 15 is 0 Å². The third kappa shape index (κ3) is 6.65. The highest BCUT2D eigenvalue weighted by atomic mass is 32.1. The van der Waals surface area contributed by atoms with Gasteiger partial charge in [-0.05, 0) is 35.9 Å². The Morgan fingerprint density at radius 1 is 1.16 bits per heavy atom. The Kier molecular flexibility index (Phi) is 7.78. The minimum atomic E-state index is -0.569. The number of hydrogen-bond acceptors (Lipinski definition) is 5. The predicted molar refractivity (Wildman–Crippen MR) is 124 cm³/mol. The number of rotatable bonds is 9. The van der Waals surface area contributed by atoms with Crippen LogP contribution in [-0.4, -0.2) is 34.3 Å². The molecule has 0 saturated heterocycles. The Bertz CT molecular complexity index is 1020. The van der Waals surface area contributed by atoms with Crippen molar-refractivity contribution >= 4 is 29.3 Å². The highest BCUT2D eigenvalue weighted by molar-refractivity contribution is 7.13. The van der Waals surface area contributed by atoms with E-state index in [1.54, 1.807) is 17.4 Å². The van der Waals surface area contributed by atoms with Crippen molar-refractivity contribution < 1.29 is 14.3 Å². The summed E-state index contributed by atoms with van der Waals surface area (Å²) in [5.41, 5.74) is 2.76. The number of carbonyl (C=O) groups is 2. The fourth-order valence-electron chi connectivity index (χ4n) is 2.82. The molecule has 7 heteroatoms. The lowest BCUT2D eigenvalue weighted by Gasteiger charge is -2.16. The number of nitrogens with zero attached hydrogens (tertiary/aromatic N) is 2. The number of amides is 1. The van der Waals surface area contributed by atoms with E-state index in [1.165, 1.54) is 6.08 Å². The van der Waals surface area contributed by atoms with Crippen LogP contribution in [0.5, 0.6) is 0 Å². The smallest absolute Gasteiger partial charge is 0.331 e. The van der Waals surface area contributed by atoms with Crippen LogP contribution in [0.2, 0.25) is 0 Å². The van der Waals surface area contributed by atoms with Gasteiger partial charge in [0.1, 0.15) is 5.69 Å². The highest BCUT2D eigenvalue weighted by Gasteiger charge is 2.13. The maximum Gasteiger partial charge on any atom is 0.331 e. The molecule has 1 aromatic carbocycles. The molecule has 0 aliphatic heterocycles. The van der Waals surface area contributed by atoms with Crippen LogP contribution in [0.1, 0.15) is 31.9 Å². The van der Waals surface area contributed by atoms with Crippen LogP contribution < -0.4 is 5.32 Å². The van der Waals surface area contributed by atoms with Crippen molar-refractivity contribution in [1.29, 1.82) is 0 Å². The van der Waals surface area contributed by atoms with Crippen molar-refractivity contribution in [3.05, 3.63) is 71.2 Å². The summed E-state index contributed by atoms with van der Waals surface area (Å²) in [7, 11) is 0. The first-order valence-electron chi connectivity index (χ1n) is 10.2. The molecule has 3 rings (SSSR count). The lowest BCUT2D eigenvalue weighted by Crippen LogP contribution is -2.38. The average Bonchev–Trinajstić information content (AvgIpc) is 3.41. The molecule has 3 aromatic rings. The Labute approximate surface area is 186 Å². The Morgan fingerprint density at radius 2 is 1.94 bits per heavy atom. The van der Waals surface area contributed by atoms with Crippen molar-refractivity contribution in [3.63, 3.8) is 0 Å². The normalized spacial score (nSPS) is 12.3. The number of benzene rings is 1. The van der Waals surface area contributed by atoms with Gasteiger partial charge in [0.25, 0.3) is 5.91 Å². The van der Waals surface area contributed by atoms with Crippen molar-refractivity contribution in [1.82, 2.24) is 15.1 Å². The first-order valence-corrected chi connectivity index (χ1v) is 11.1. The van der Waals surface area contributed by atoms with Gasteiger partial charge in [-0.3, -0.25) is 9.48 Å². The number of carbonyl (C=O) groups excluding carboxylic acids is 2. The zero-order valence-corrected chi connectivity index (χ0v) is 18.8. The summed E-state index contributed by atoms with van der Waals surface area (Å²) in [4.78, 5) is 25.0. The maximum absolute atomic E-state index is 12.1. The quantitative estimate of drug-likeness (QED) is 0.398. The van der Waals surface area contributed by atoms with Gasteiger partial charge in [0.2, 0.25) is 0 Å². The largest absolute Gasteiger partial charge is 0.452 e. The number of thiophene rings is 1. The van der Waals surface area contributed by atoms with E-state index < -0.39 is 5.97 Å². The fraction of sp³-hybridized carbons (Fsp3) is 0.292. The molecule has 0 bridgehead atoms. The van der Waals surface area contributed by atoms with Gasteiger partial charge >= 0.3 is 5.97 Å².